The maximum Gasteiger partial charge on any atom is 0.0596 e. The van der Waals surface area contributed by atoms with E-state index in [9.17, 15) is 0 Å². The van der Waals surface area contributed by atoms with Crippen LogP contribution in [-0.4, -0.2) is 0 Å². The zero-order valence-electron chi connectivity index (χ0n) is 11.0. The molecular formula is C15H20BrCl. The molecular weight excluding hydrogens is 296 g/mol. The highest BCUT2D eigenvalue weighted by Gasteiger charge is 2.30. The summed E-state index contributed by atoms with van der Waals surface area (Å²) >= 11 is 10.3. The van der Waals surface area contributed by atoms with Gasteiger partial charge in [0, 0.05) is 4.47 Å². The first-order chi connectivity index (χ1) is 7.82. The lowest BCUT2D eigenvalue weighted by Gasteiger charge is -2.24. The van der Waals surface area contributed by atoms with Crippen LogP contribution in [0, 0.1) is 19.3 Å². The smallest absolute Gasteiger partial charge is 0.0596 e. The lowest BCUT2D eigenvalue weighted by molar-refractivity contribution is 0.313. The number of halogens is 2. The molecule has 1 aliphatic carbocycles. The van der Waals surface area contributed by atoms with Crippen molar-refractivity contribution in [3.63, 3.8) is 0 Å². The van der Waals surface area contributed by atoms with Crippen molar-refractivity contribution < 1.29 is 0 Å². The first kappa shape index (κ1) is 13.4. The number of rotatable bonds is 0. The predicted octanol–water partition coefficient (Wildman–Crippen LogP) is 5.71. The molecule has 0 saturated carbocycles. The molecule has 0 N–H and O–H groups in total. The Morgan fingerprint density at radius 1 is 1.35 bits per heavy atom. The monoisotopic (exact) mass is 314 g/mol. The Balaban J connectivity index is 2.59. The van der Waals surface area contributed by atoms with Gasteiger partial charge < -0.3 is 0 Å². The minimum Gasteiger partial charge on any atom is -0.118 e. The zero-order chi connectivity index (χ0) is 12.8. The second kappa shape index (κ2) is 4.59. The van der Waals surface area contributed by atoms with Crippen LogP contribution in [0.4, 0.5) is 0 Å². The number of benzene rings is 1. The van der Waals surface area contributed by atoms with Crippen LogP contribution in [0.15, 0.2) is 10.5 Å². The van der Waals surface area contributed by atoms with Crippen LogP contribution >= 0.6 is 27.5 Å². The molecule has 1 atom stereocenters. The van der Waals surface area contributed by atoms with Gasteiger partial charge in [-0.25, -0.2) is 0 Å². The largest absolute Gasteiger partial charge is 0.118 e. The predicted molar refractivity (Wildman–Crippen MR) is 78.9 cm³/mol. The van der Waals surface area contributed by atoms with Gasteiger partial charge in [-0.1, -0.05) is 29.8 Å². The van der Waals surface area contributed by atoms with Crippen LogP contribution in [0.5, 0.6) is 0 Å². The van der Waals surface area contributed by atoms with Crippen LogP contribution in [-0.2, 0) is 6.42 Å². The summed E-state index contributed by atoms with van der Waals surface area (Å²) < 4.78 is 1.19. The average Bonchev–Trinajstić information content (AvgIpc) is 2.31. The van der Waals surface area contributed by atoms with Gasteiger partial charge >= 0.3 is 0 Å². The number of aryl methyl sites for hydroxylation is 1. The number of fused-ring (bicyclic) bond motifs is 1. The van der Waals surface area contributed by atoms with Crippen molar-refractivity contribution in [3.05, 3.63) is 32.8 Å². The summed E-state index contributed by atoms with van der Waals surface area (Å²) in [4.78, 5) is 0. The lowest BCUT2D eigenvalue weighted by Crippen LogP contribution is -2.11. The van der Waals surface area contributed by atoms with Gasteiger partial charge in [-0.3, -0.25) is 0 Å². The lowest BCUT2D eigenvalue weighted by atomic mass is 9.84. The minimum atomic E-state index is 0.152. The van der Waals surface area contributed by atoms with E-state index >= 15 is 0 Å². The second-order valence-corrected chi connectivity index (χ2v) is 7.41. The van der Waals surface area contributed by atoms with Crippen LogP contribution < -0.4 is 0 Å². The Kier molecular flexibility index (Phi) is 3.62. The fraction of sp³-hybridized carbons (Fsp3) is 0.600. The molecule has 17 heavy (non-hydrogen) atoms. The molecule has 1 unspecified atom stereocenters. The van der Waals surface area contributed by atoms with Crippen molar-refractivity contribution in [2.45, 2.75) is 52.3 Å². The van der Waals surface area contributed by atoms with E-state index in [0.29, 0.717) is 5.41 Å². The quantitative estimate of drug-likeness (QED) is 0.425. The fourth-order valence-corrected chi connectivity index (χ4v) is 4.13. The molecule has 0 heterocycles. The summed E-state index contributed by atoms with van der Waals surface area (Å²) in [5.41, 5.74) is 5.90. The van der Waals surface area contributed by atoms with Gasteiger partial charge in [0.25, 0.3) is 0 Å². The molecule has 0 saturated heterocycles. The first-order valence-electron chi connectivity index (χ1n) is 6.24. The average molecular weight is 316 g/mol. The van der Waals surface area contributed by atoms with E-state index < -0.39 is 0 Å². The molecule has 0 amide bonds. The molecule has 94 valence electrons. The molecule has 0 nitrogen and oxygen atoms in total. The molecule has 0 spiro atoms. The van der Waals surface area contributed by atoms with Crippen LogP contribution in [0.3, 0.4) is 0 Å². The summed E-state index contributed by atoms with van der Waals surface area (Å²) in [5, 5.41) is 0.152. The van der Waals surface area contributed by atoms with Gasteiger partial charge in [0.2, 0.25) is 0 Å². The molecule has 1 aromatic carbocycles. The molecule has 0 aromatic heterocycles. The van der Waals surface area contributed by atoms with Crippen molar-refractivity contribution in [1.82, 2.24) is 0 Å². The molecule has 0 aliphatic heterocycles. The molecule has 1 aliphatic rings. The van der Waals surface area contributed by atoms with Gasteiger partial charge in [-0.05, 0) is 66.8 Å². The summed E-state index contributed by atoms with van der Waals surface area (Å²) in [6, 6.07) is 2.23. The Labute approximate surface area is 118 Å². The topological polar surface area (TPSA) is 0 Å². The van der Waals surface area contributed by atoms with E-state index in [1.807, 2.05) is 0 Å². The van der Waals surface area contributed by atoms with Gasteiger partial charge in [0.05, 0.1) is 5.38 Å². The van der Waals surface area contributed by atoms with E-state index in [1.165, 1.54) is 33.1 Å². The van der Waals surface area contributed by atoms with E-state index in [1.54, 1.807) is 0 Å². The minimum absolute atomic E-state index is 0.152. The number of hydrogen-bond donors (Lipinski definition) is 0. The highest BCUT2D eigenvalue weighted by molar-refractivity contribution is 9.10. The van der Waals surface area contributed by atoms with Crippen LogP contribution in [0.1, 0.15) is 54.3 Å². The Hall–Kier alpha value is -0.0100. The normalized spacial score (nSPS) is 23.1. The maximum atomic E-state index is 6.66. The Morgan fingerprint density at radius 3 is 2.65 bits per heavy atom. The molecule has 0 radical (unpaired) electrons. The van der Waals surface area contributed by atoms with Gasteiger partial charge in [-0.15, -0.1) is 11.6 Å². The van der Waals surface area contributed by atoms with Crippen molar-refractivity contribution >= 4 is 27.5 Å². The molecule has 1 aromatic rings. The maximum absolute atomic E-state index is 6.66. The molecule has 2 rings (SSSR count). The van der Waals surface area contributed by atoms with E-state index in [-0.39, 0.29) is 5.38 Å². The number of alkyl halides is 1. The SMILES string of the molecule is Cc1cc(Br)c(C)c2c1CCC(C)(C)CC2Cl. The third-order valence-corrected chi connectivity index (χ3v) is 5.20. The van der Waals surface area contributed by atoms with Gasteiger partial charge in [-0.2, -0.15) is 0 Å². The van der Waals surface area contributed by atoms with Gasteiger partial charge in [0.1, 0.15) is 0 Å². The molecule has 0 fully saturated rings. The summed E-state index contributed by atoms with van der Waals surface area (Å²) in [5.74, 6) is 0. The van der Waals surface area contributed by atoms with Crippen molar-refractivity contribution in [3.8, 4) is 0 Å². The molecule has 2 heteroatoms. The van der Waals surface area contributed by atoms with Crippen molar-refractivity contribution in [2.24, 2.45) is 5.41 Å². The summed E-state index contributed by atoms with van der Waals surface area (Å²) in [6.45, 7) is 9.03. The number of hydrogen-bond acceptors (Lipinski definition) is 0. The van der Waals surface area contributed by atoms with Crippen molar-refractivity contribution in [2.75, 3.05) is 0 Å². The fourth-order valence-electron chi connectivity index (χ4n) is 2.86. The Bertz CT molecular complexity index is 449. The van der Waals surface area contributed by atoms with Crippen LogP contribution in [0.2, 0.25) is 0 Å². The second-order valence-electron chi connectivity index (χ2n) is 6.03. The van der Waals surface area contributed by atoms with Gasteiger partial charge in [0.15, 0.2) is 0 Å². The molecule has 0 bridgehead atoms. The third kappa shape index (κ3) is 2.56. The summed E-state index contributed by atoms with van der Waals surface area (Å²) in [7, 11) is 0. The highest BCUT2D eigenvalue weighted by Crippen LogP contribution is 2.45. The van der Waals surface area contributed by atoms with E-state index in [2.05, 4.69) is 49.7 Å². The Morgan fingerprint density at radius 2 is 2.00 bits per heavy atom. The van der Waals surface area contributed by atoms with E-state index in [4.69, 9.17) is 11.6 Å². The first-order valence-corrected chi connectivity index (χ1v) is 7.47. The highest BCUT2D eigenvalue weighted by atomic mass is 79.9. The standard InChI is InChI=1S/C15H20BrCl/c1-9-7-12(16)10(2)14-11(9)5-6-15(3,4)8-13(14)17/h7,13H,5-6,8H2,1-4H3. The van der Waals surface area contributed by atoms with Crippen LogP contribution in [0.25, 0.3) is 0 Å². The zero-order valence-corrected chi connectivity index (χ0v) is 13.4. The van der Waals surface area contributed by atoms with Crippen molar-refractivity contribution in [1.29, 1.82) is 0 Å². The third-order valence-electron chi connectivity index (χ3n) is 4.00. The van der Waals surface area contributed by atoms with E-state index in [0.717, 1.165) is 12.8 Å². The summed E-state index contributed by atoms with van der Waals surface area (Å²) in [6.07, 6.45) is 3.45.